The van der Waals surface area contributed by atoms with Crippen LogP contribution in [0.25, 0.3) is 0 Å². The zero-order valence-corrected chi connectivity index (χ0v) is 12.3. The van der Waals surface area contributed by atoms with Crippen LogP contribution in [0.5, 0.6) is 0 Å². The first-order valence-corrected chi connectivity index (χ1v) is 7.51. The number of carbonyl (C=O) groups excluding carboxylic acids is 2. The quantitative estimate of drug-likeness (QED) is 0.890. The average Bonchev–Trinajstić information content (AvgIpc) is 3.09. The Hall–Kier alpha value is -1.88. The highest BCUT2D eigenvalue weighted by Gasteiger charge is 2.36. The Bertz CT molecular complexity index is 547. The van der Waals surface area contributed by atoms with Crippen LogP contribution in [0, 0.1) is 5.41 Å². The first-order valence-electron chi connectivity index (χ1n) is 7.51. The van der Waals surface area contributed by atoms with Crippen LogP contribution in [0.15, 0.2) is 24.3 Å². The van der Waals surface area contributed by atoms with E-state index in [0.717, 1.165) is 43.9 Å². The zero-order valence-electron chi connectivity index (χ0n) is 12.3. The van der Waals surface area contributed by atoms with E-state index in [1.165, 1.54) is 0 Å². The second-order valence-electron chi connectivity index (χ2n) is 6.14. The molecule has 2 saturated heterocycles. The van der Waals surface area contributed by atoms with Crippen LogP contribution in [0.4, 0.5) is 11.4 Å². The molecule has 0 aliphatic carbocycles. The highest BCUT2D eigenvalue weighted by atomic mass is 16.2. The topological polar surface area (TPSA) is 61.4 Å². The van der Waals surface area contributed by atoms with Gasteiger partial charge in [0.05, 0.1) is 5.41 Å². The van der Waals surface area contributed by atoms with Crippen LogP contribution in [-0.2, 0) is 9.59 Å². The third-order valence-corrected chi connectivity index (χ3v) is 4.43. The number of nitrogens with one attached hydrogen (secondary N) is 2. The Balaban J connectivity index is 1.67. The third kappa shape index (κ3) is 2.78. The lowest BCUT2D eigenvalue weighted by Crippen LogP contribution is -2.35. The first-order chi connectivity index (χ1) is 10.1. The number of rotatable bonds is 3. The van der Waals surface area contributed by atoms with Crippen molar-refractivity contribution in [1.82, 2.24) is 5.32 Å². The average molecular weight is 287 g/mol. The summed E-state index contributed by atoms with van der Waals surface area (Å²) >= 11 is 0. The van der Waals surface area contributed by atoms with Crippen molar-refractivity contribution < 1.29 is 9.59 Å². The van der Waals surface area contributed by atoms with Gasteiger partial charge in [0, 0.05) is 30.9 Å². The minimum Gasteiger partial charge on any atom is -0.326 e. The number of hydrogen-bond acceptors (Lipinski definition) is 3. The molecule has 2 N–H and O–H groups in total. The van der Waals surface area contributed by atoms with E-state index in [2.05, 4.69) is 10.6 Å². The maximum Gasteiger partial charge on any atom is 0.231 e. The van der Waals surface area contributed by atoms with Gasteiger partial charge in [0.2, 0.25) is 11.8 Å². The Morgan fingerprint density at radius 3 is 2.67 bits per heavy atom. The Labute approximate surface area is 124 Å². The van der Waals surface area contributed by atoms with Crippen LogP contribution in [0.3, 0.4) is 0 Å². The minimum atomic E-state index is -0.330. The standard InChI is InChI=1S/C16H21N3O2/c1-16(8-9-17-11-16)15(21)18-12-4-6-13(7-5-12)19-10-2-3-14(19)20/h4-7,17H,2-3,8-11H2,1H3,(H,18,21). The van der Waals surface area contributed by atoms with Gasteiger partial charge in [-0.25, -0.2) is 0 Å². The molecule has 1 atom stereocenters. The molecule has 1 aromatic rings. The molecular weight excluding hydrogens is 266 g/mol. The number of amides is 2. The van der Waals surface area contributed by atoms with Gasteiger partial charge >= 0.3 is 0 Å². The lowest BCUT2D eigenvalue weighted by Gasteiger charge is -2.22. The number of benzene rings is 1. The summed E-state index contributed by atoms with van der Waals surface area (Å²) in [6.07, 6.45) is 2.41. The van der Waals surface area contributed by atoms with Crippen molar-refractivity contribution in [2.24, 2.45) is 5.41 Å². The van der Waals surface area contributed by atoms with Gasteiger partial charge < -0.3 is 15.5 Å². The van der Waals surface area contributed by atoms with Crippen LogP contribution in [0.2, 0.25) is 0 Å². The summed E-state index contributed by atoms with van der Waals surface area (Å²) in [4.78, 5) is 25.8. The largest absolute Gasteiger partial charge is 0.326 e. The molecule has 2 fully saturated rings. The molecular formula is C16H21N3O2. The van der Waals surface area contributed by atoms with Gasteiger partial charge in [-0.3, -0.25) is 9.59 Å². The van der Waals surface area contributed by atoms with E-state index >= 15 is 0 Å². The highest BCUT2D eigenvalue weighted by Crippen LogP contribution is 2.27. The summed E-state index contributed by atoms with van der Waals surface area (Å²) in [6.45, 7) is 4.38. The van der Waals surface area contributed by atoms with E-state index in [-0.39, 0.29) is 17.2 Å². The lowest BCUT2D eigenvalue weighted by atomic mass is 9.89. The second kappa shape index (κ2) is 5.48. The molecule has 0 bridgehead atoms. The number of nitrogens with zero attached hydrogens (tertiary/aromatic N) is 1. The minimum absolute atomic E-state index is 0.0532. The molecule has 5 heteroatoms. The zero-order chi connectivity index (χ0) is 14.9. The molecule has 2 aliphatic heterocycles. The van der Waals surface area contributed by atoms with E-state index in [1.54, 1.807) is 4.90 Å². The van der Waals surface area contributed by atoms with Crippen molar-refractivity contribution >= 4 is 23.2 Å². The molecule has 0 spiro atoms. The van der Waals surface area contributed by atoms with Gasteiger partial charge in [-0.15, -0.1) is 0 Å². The summed E-state index contributed by atoms with van der Waals surface area (Å²) in [5, 5.41) is 6.20. The summed E-state index contributed by atoms with van der Waals surface area (Å²) in [5.41, 5.74) is 1.36. The van der Waals surface area contributed by atoms with E-state index in [9.17, 15) is 9.59 Å². The molecule has 0 radical (unpaired) electrons. The molecule has 1 aromatic carbocycles. The van der Waals surface area contributed by atoms with Gasteiger partial charge in [-0.1, -0.05) is 0 Å². The fourth-order valence-corrected chi connectivity index (χ4v) is 2.94. The Kier molecular flexibility index (Phi) is 3.68. The van der Waals surface area contributed by atoms with E-state index in [0.29, 0.717) is 6.42 Å². The van der Waals surface area contributed by atoms with Crippen LogP contribution in [-0.4, -0.2) is 31.4 Å². The summed E-state index contributed by atoms with van der Waals surface area (Å²) < 4.78 is 0. The molecule has 2 heterocycles. The van der Waals surface area contributed by atoms with Crippen molar-refractivity contribution in [2.45, 2.75) is 26.2 Å². The number of hydrogen-bond donors (Lipinski definition) is 2. The predicted octanol–water partition coefficient (Wildman–Crippen LogP) is 1.75. The van der Waals surface area contributed by atoms with Gasteiger partial charge in [-0.2, -0.15) is 0 Å². The van der Waals surface area contributed by atoms with Gasteiger partial charge in [0.25, 0.3) is 0 Å². The van der Waals surface area contributed by atoms with Crippen molar-refractivity contribution in [2.75, 3.05) is 29.9 Å². The van der Waals surface area contributed by atoms with E-state index < -0.39 is 0 Å². The lowest BCUT2D eigenvalue weighted by molar-refractivity contribution is -0.123. The number of anilines is 2. The molecule has 1 unspecified atom stereocenters. The van der Waals surface area contributed by atoms with Gasteiger partial charge in [0.1, 0.15) is 0 Å². The number of carbonyl (C=O) groups is 2. The van der Waals surface area contributed by atoms with Crippen LogP contribution in [0.1, 0.15) is 26.2 Å². The van der Waals surface area contributed by atoms with Gasteiger partial charge in [0.15, 0.2) is 0 Å². The molecule has 5 nitrogen and oxygen atoms in total. The smallest absolute Gasteiger partial charge is 0.231 e. The molecule has 2 aliphatic rings. The van der Waals surface area contributed by atoms with Crippen molar-refractivity contribution in [3.8, 4) is 0 Å². The molecule has 2 amide bonds. The fourth-order valence-electron chi connectivity index (χ4n) is 2.94. The highest BCUT2D eigenvalue weighted by molar-refractivity contribution is 5.97. The van der Waals surface area contributed by atoms with Crippen LogP contribution < -0.4 is 15.5 Å². The van der Waals surface area contributed by atoms with Crippen molar-refractivity contribution in [3.63, 3.8) is 0 Å². The van der Waals surface area contributed by atoms with Crippen molar-refractivity contribution in [1.29, 1.82) is 0 Å². The molecule has 3 rings (SSSR count). The van der Waals surface area contributed by atoms with E-state index in [1.807, 2.05) is 31.2 Å². The normalized spacial score (nSPS) is 25.4. The third-order valence-electron chi connectivity index (χ3n) is 4.43. The Morgan fingerprint density at radius 2 is 2.10 bits per heavy atom. The molecule has 21 heavy (non-hydrogen) atoms. The van der Waals surface area contributed by atoms with Crippen molar-refractivity contribution in [3.05, 3.63) is 24.3 Å². The molecule has 0 saturated carbocycles. The second-order valence-corrected chi connectivity index (χ2v) is 6.14. The van der Waals surface area contributed by atoms with Gasteiger partial charge in [-0.05, 0) is 50.6 Å². The monoisotopic (exact) mass is 287 g/mol. The molecule has 0 aromatic heterocycles. The maximum absolute atomic E-state index is 12.3. The summed E-state index contributed by atoms with van der Waals surface area (Å²) in [7, 11) is 0. The fraction of sp³-hybridized carbons (Fsp3) is 0.500. The maximum atomic E-state index is 12.3. The first kappa shape index (κ1) is 14.1. The molecule has 112 valence electrons. The summed E-state index contributed by atoms with van der Waals surface area (Å²) in [6, 6.07) is 7.53. The predicted molar refractivity (Wildman–Crippen MR) is 82.3 cm³/mol. The van der Waals surface area contributed by atoms with E-state index in [4.69, 9.17) is 0 Å². The SMILES string of the molecule is CC1(C(=O)Nc2ccc(N3CCCC3=O)cc2)CCNC1. The van der Waals surface area contributed by atoms with Crippen LogP contribution >= 0.6 is 0 Å². The Morgan fingerprint density at radius 1 is 1.33 bits per heavy atom. The summed E-state index contributed by atoms with van der Waals surface area (Å²) in [5.74, 6) is 0.230.